The van der Waals surface area contributed by atoms with Crippen LogP contribution < -0.4 is 10.2 Å². The molecule has 138 valence electrons. The standard InChI is InChI=1S/C20H24N2O4/c23-18(12-26-20(25)17-10-13-6-7-14(17)9-13)21-15-3-1-4-16(11-15)22-8-2-5-19(22)24/h1,3-4,11,13-14,17H,2,5-10,12H2,(H,21,23). The van der Waals surface area contributed by atoms with Gasteiger partial charge in [0.25, 0.3) is 5.91 Å². The first-order chi connectivity index (χ1) is 12.6. The fraction of sp³-hybridized carbons (Fsp3) is 0.550. The monoisotopic (exact) mass is 356 g/mol. The fourth-order valence-electron chi connectivity index (χ4n) is 4.65. The number of hydrogen-bond donors (Lipinski definition) is 1. The van der Waals surface area contributed by atoms with Crippen LogP contribution >= 0.6 is 0 Å². The molecular formula is C20H24N2O4. The molecule has 2 aliphatic carbocycles. The van der Waals surface area contributed by atoms with Crippen molar-refractivity contribution < 1.29 is 19.1 Å². The van der Waals surface area contributed by atoms with Crippen LogP contribution in [0, 0.1) is 17.8 Å². The summed E-state index contributed by atoms with van der Waals surface area (Å²) in [6.07, 6.45) is 5.80. The lowest BCUT2D eigenvalue weighted by Gasteiger charge is -2.20. The highest BCUT2D eigenvalue weighted by molar-refractivity contribution is 5.97. The number of anilines is 2. The van der Waals surface area contributed by atoms with E-state index in [4.69, 9.17) is 4.74 Å². The summed E-state index contributed by atoms with van der Waals surface area (Å²) in [7, 11) is 0. The van der Waals surface area contributed by atoms with Crippen LogP contribution in [0.15, 0.2) is 24.3 Å². The average Bonchev–Trinajstić information content (AvgIpc) is 3.36. The van der Waals surface area contributed by atoms with Gasteiger partial charge < -0.3 is 15.0 Å². The van der Waals surface area contributed by atoms with Gasteiger partial charge in [0.15, 0.2) is 6.61 Å². The second-order valence-electron chi connectivity index (χ2n) is 7.64. The third kappa shape index (κ3) is 3.45. The maximum absolute atomic E-state index is 12.2. The summed E-state index contributed by atoms with van der Waals surface area (Å²) < 4.78 is 5.24. The Hall–Kier alpha value is -2.37. The predicted molar refractivity (Wildman–Crippen MR) is 96.6 cm³/mol. The van der Waals surface area contributed by atoms with Crippen LogP contribution in [-0.4, -0.2) is 30.9 Å². The second kappa shape index (κ2) is 7.09. The van der Waals surface area contributed by atoms with Crippen LogP contribution in [0.2, 0.25) is 0 Å². The predicted octanol–water partition coefficient (Wildman–Crippen LogP) is 2.73. The molecule has 1 heterocycles. The normalized spacial score (nSPS) is 27.0. The van der Waals surface area contributed by atoms with Crippen molar-refractivity contribution in [3.05, 3.63) is 24.3 Å². The van der Waals surface area contributed by atoms with Crippen molar-refractivity contribution in [3.8, 4) is 0 Å². The van der Waals surface area contributed by atoms with Crippen molar-refractivity contribution in [1.29, 1.82) is 0 Å². The topological polar surface area (TPSA) is 75.7 Å². The molecule has 0 radical (unpaired) electrons. The number of carbonyl (C=O) groups excluding carboxylic acids is 3. The van der Waals surface area contributed by atoms with Crippen molar-refractivity contribution in [1.82, 2.24) is 0 Å². The lowest BCUT2D eigenvalue weighted by atomic mass is 9.89. The van der Waals surface area contributed by atoms with E-state index in [1.807, 2.05) is 6.07 Å². The third-order valence-corrected chi connectivity index (χ3v) is 5.90. The third-order valence-electron chi connectivity index (χ3n) is 5.90. The molecule has 2 bridgehead atoms. The molecule has 2 saturated carbocycles. The molecule has 0 aromatic heterocycles. The summed E-state index contributed by atoms with van der Waals surface area (Å²) in [4.78, 5) is 37.9. The van der Waals surface area contributed by atoms with Crippen LogP contribution in [0.25, 0.3) is 0 Å². The van der Waals surface area contributed by atoms with E-state index in [0.29, 0.717) is 30.5 Å². The number of hydrogen-bond acceptors (Lipinski definition) is 4. The molecule has 1 saturated heterocycles. The molecule has 0 spiro atoms. The summed E-state index contributed by atoms with van der Waals surface area (Å²) >= 11 is 0. The number of esters is 1. The van der Waals surface area contributed by atoms with Gasteiger partial charge in [-0.1, -0.05) is 12.5 Å². The summed E-state index contributed by atoms with van der Waals surface area (Å²) in [6, 6.07) is 7.20. The van der Waals surface area contributed by atoms with Gasteiger partial charge in [0.1, 0.15) is 0 Å². The van der Waals surface area contributed by atoms with Crippen LogP contribution in [0.3, 0.4) is 0 Å². The molecule has 2 amide bonds. The molecule has 1 aromatic carbocycles. The number of benzene rings is 1. The van der Waals surface area contributed by atoms with Gasteiger partial charge in [-0.15, -0.1) is 0 Å². The van der Waals surface area contributed by atoms with Crippen LogP contribution in [-0.2, 0) is 19.1 Å². The minimum Gasteiger partial charge on any atom is -0.455 e. The zero-order valence-electron chi connectivity index (χ0n) is 14.8. The van der Waals surface area contributed by atoms with E-state index in [0.717, 1.165) is 31.4 Å². The summed E-state index contributed by atoms with van der Waals surface area (Å²) in [6.45, 7) is 0.441. The number of carbonyl (C=O) groups is 3. The van der Waals surface area contributed by atoms with Crippen LogP contribution in [0.4, 0.5) is 11.4 Å². The maximum Gasteiger partial charge on any atom is 0.309 e. The SMILES string of the molecule is O=C(COC(=O)C1CC2CCC1C2)Nc1cccc(N2CCCC2=O)c1. The average molecular weight is 356 g/mol. The van der Waals surface area contributed by atoms with E-state index >= 15 is 0 Å². The first kappa shape index (κ1) is 17.1. The van der Waals surface area contributed by atoms with Crippen molar-refractivity contribution in [3.63, 3.8) is 0 Å². The quantitative estimate of drug-likeness (QED) is 0.823. The molecular weight excluding hydrogens is 332 g/mol. The first-order valence-electron chi connectivity index (χ1n) is 9.47. The molecule has 1 N–H and O–H groups in total. The van der Waals surface area contributed by atoms with Gasteiger partial charge in [-0.3, -0.25) is 14.4 Å². The first-order valence-corrected chi connectivity index (χ1v) is 9.47. The summed E-state index contributed by atoms with van der Waals surface area (Å²) in [5.41, 5.74) is 1.38. The second-order valence-corrected chi connectivity index (χ2v) is 7.64. The maximum atomic E-state index is 12.2. The Morgan fingerprint density at radius 2 is 2.12 bits per heavy atom. The highest BCUT2D eigenvalue weighted by Gasteiger charge is 2.44. The highest BCUT2D eigenvalue weighted by Crippen LogP contribution is 2.48. The van der Waals surface area contributed by atoms with Crippen LogP contribution in [0.5, 0.6) is 0 Å². The molecule has 3 aliphatic rings. The molecule has 6 nitrogen and oxygen atoms in total. The van der Waals surface area contributed by atoms with Crippen molar-refractivity contribution in [2.24, 2.45) is 17.8 Å². The van der Waals surface area contributed by atoms with Gasteiger partial charge in [-0.25, -0.2) is 0 Å². The molecule has 3 atom stereocenters. The van der Waals surface area contributed by atoms with Crippen LogP contribution in [0.1, 0.15) is 38.5 Å². The van der Waals surface area contributed by atoms with E-state index < -0.39 is 0 Å². The summed E-state index contributed by atoms with van der Waals surface area (Å²) in [5, 5.41) is 2.75. The Morgan fingerprint density at radius 1 is 1.23 bits per heavy atom. The lowest BCUT2D eigenvalue weighted by Crippen LogP contribution is -2.27. The minimum atomic E-state index is -0.355. The molecule has 3 unspecified atom stereocenters. The molecule has 1 aromatic rings. The van der Waals surface area contributed by atoms with E-state index in [2.05, 4.69) is 5.32 Å². The number of nitrogens with zero attached hydrogens (tertiary/aromatic N) is 1. The molecule has 1 aliphatic heterocycles. The fourth-order valence-corrected chi connectivity index (χ4v) is 4.65. The zero-order chi connectivity index (χ0) is 18.1. The zero-order valence-corrected chi connectivity index (χ0v) is 14.8. The Kier molecular flexibility index (Phi) is 4.66. The number of ether oxygens (including phenoxy) is 1. The van der Waals surface area contributed by atoms with Gasteiger partial charge in [0.2, 0.25) is 5.91 Å². The van der Waals surface area contributed by atoms with E-state index in [-0.39, 0.29) is 30.3 Å². The molecule has 26 heavy (non-hydrogen) atoms. The Balaban J connectivity index is 1.29. The molecule has 3 fully saturated rings. The Bertz CT molecular complexity index is 732. The van der Waals surface area contributed by atoms with Crippen molar-refractivity contribution >= 4 is 29.2 Å². The van der Waals surface area contributed by atoms with Gasteiger partial charge in [-0.2, -0.15) is 0 Å². The van der Waals surface area contributed by atoms with E-state index in [9.17, 15) is 14.4 Å². The van der Waals surface area contributed by atoms with E-state index in [1.54, 1.807) is 23.1 Å². The number of rotatable bonds is 5. The lowest BCUT2D eigenvalue weighted by molar-refractivity contribution is -0.153. The molecule has 6 heteroatoms. The number of nitrogens with one attached hydrogen (secondary N) is 1. The Labute approximate surface area is 152 Å². The van der Waals surface area contributed by atoms with Gasteiger partial charge in [0, 0.05) is 24.3 Å². The van der Waals surface area contributed by atoms with E-state index in [1.165, 1.54) is 6.42 Å². The minimum absolute atomic E-state index is 0.0222. The number of fused-ring (bicyclic) bond motifs is 2. The van der Waals surface area contributed by atoms with Gasteiger partial charge >= 0.3 is 5.97 Å². The largest absolute Gasteiger partial charge is 0.455 e. The summed E-state index contributed by atoms with van der Waals surface area (Å²) in [5.74, 6) is 0.613. The van der Waals surface area contributed by atoms with Gasteiger partial charge in [0.05, 0.1) is 5.92 Å². The highest BCUT2D eigenvalue weighted by atomic mass is 16.5. The smallest absolute Gasteiger partial charge is 0.309 e. The number of amides is 2. The Morgan fingerprint density at radius 3 is 2.81 bits per heavy atom. The van der Waals surface area contributed by atoms with Crippen molar-refractivity contribution in [2.75, 3.05) is 23.4 Å². The van der Waals surface area contributed by atoms with Crippen molar-refractivity contribution in [2.45, 2.75) is 38.5 Å². The van der Waals surface area contributed by atoms with Gasteiger partial charge in [-0.05, 0) is 55.7 Å². The molecule has 4 rings (SSSR count).